The Morgan fingerprint density at radius 1 is 1.15 bits per heavy atom. The molecule has 0 bridgehead atoms. The third kappa shape index (κ3) is 5.11. The highest BCUT2D eigenvalue weighted by Gasteiger charge is 2.58. The molecular formula is C16H24Cl3NO7. The standard InChI is InChI=1S/C16H24Cl3NO7/c1-23-13-12(27-15(22)20-8-5-3-2-4-6-8)11-10(9(7-21)24-13)25-14(26-11)16(17,18)19/h8-14,21H,2-7H2,1H3,(H,20,22)/t9-,10-,11-,12+,13+,14?/m1/s1. The van der Waals surface area contributed by atoms with E-state index in [2.05, 4.69) is 5.32 Å². The molecule has 156 valence electrons. The Morgan fingerprint density at radius 2 is 1.81 bits per heavy atom. The number of hydrogen-bond acceptors (Lipinski definition) is 7. The van der Waals surface area contributed by atoms with Gasteiger partial charge >= 0.3 is 6.09 Å². The SMILES string of the molecule is CO[C@H]1O[C@H](CO)[C@H]2OC(C(Cl)(Cl)Cl)O[C@H]2[C@@H]1OC(=O)NC1CCCCC1. The predicted molar refractivity (Wildman–Crippen MR) is 96.9 cm³/mol. The minimum atomic E-state index is -1.85. The van der Waals surface area contributed by atoms with Crippen LogP contribution in [0.25, 0.3) is 0 Å². The number of aliphatic hydroxyl groups is 1. The van der Waals surface area contributed by atoms with Crippen LogP contribution in [0.3, 0.4) is 0 Å². The number of aliphatic hydroxyl groups excluding tert-OH is 1. The van der Waals surface area contributed by atoms with E-state index in [1.54, 1.807) is 0 Å². The van der Waals surface area contributed by atoms with Gasteiger partial charge in [-0.15, -0.1) is 0 Å². The van der Waals surface area contributed by atoms with Crippen molar-refractivity contribution in [2.45, 2.75) is 78.9 Å². The Labute approximate surface area is 172 Å². The minimum absolute atomic E-state index is 0.0763. The molecule has 8 nitrogen and oxygen atoms in total. The molecule has 0 radical (unpaired) electrons. The summed E-state index contributed by atoms with van der Waals surface area (Å²) in [6.45, 7) is -0.363. The van der Waals surface area contributed by atoms with Crippen molar-refractivity contribution in [3.8, 4) is 0 Å². The van der Waals surface area contributed by atoms with Crippen molar-refractivity contribution in [2.24, 2.45) is 0 Å². The second-order valence-electron chi connectivity index (χ2n) is 6.89. The van der Waals surface area contributed by atoms with Crippen molar-refractivity contribution in [1.29, 1.82) is 0 Å². The van der Waals surface area contributed by atoms with E-state index in [4.69, 9.17) is 58.5 Å². The van der Waals surface area contributed by atoms with Crippen LogP contribution >= 0.6 is 34.8 Å². The summed E-state index contributed by atoms with van der Waals surface area (Å²) in [5.41, 5.74) is 0. The van der Waals surface area contributed by atoms with Crippen LogP contribution in [-0.4, -0.2) is 71.7 Å². The molecule has 0 aromatic rings. The second kappa shape index (κ2) is 9.17. The molecule has 1 unspecified atom stereocenters. The molecule has 1 aliphatic carbocycles. The fourth-order valence-electron chi connectivity index (χ4n) is 3.70. The molecule has 6 atom stereocenters. The number of alkyl carbamates (subject to hydrolysis) is 1. The molecule has 2 N–H and O–H groups in total. The van der Waals surface area contributed by atoms with Crippen LogP contribution in [0.2, 0.25) is 0 Å². The van der Waals surface area contributed by atoms with Gasteiger partial charge in [0.25, 0.3) is 0 Å². The first kappa shape index (κ1) is 21.6. The molecule has 3 rings (SSSR count). The smallest absolute Gasteiger partial charge is 0.407 e. The first-order chi connectivity index (χ1) is 12.8. The number of ether oxygens (including phenoxy) is 5. The van der Waals surface area contributed by atoms with E-state index in [1.807, 2.05) is 0 Å². The van der Waals surface area contributed by atoms with Crippen LogP contribution in [0.1, 0.15) is 32.1 Å². The number of amides is 1. The number of hydrogen-bond donors (Lipinski definition) is 2. The molecular weight excluding hydrogens is 425 g/mol. The molecule has 2 heterocycles. The summed E-state index contributed by atoms with van der Waals surface area (Å²) in [5.74, 6) is 0. The molecule has 27 heavy (non-hydrogen) atoms. The van der Waals surface area contributed by atoms with Gasteiger partial charge in [0.2, 0.25) is 10.1 Å². The first-order valence-corrected chi connectivity index (χ1v) is 10.1. The van der Waals surface area contributed by atoms with Gasteiger partial charge in [-0.1, -0.05) is 54.1 Å². The number of methoxy groups -OCH3 is 1. The Morgan fingerprint density at radius 3 is 2.41 bits per heavy atom. The van der Waals surface area contributed by atoms with Crippen molar-refractivity contribution in [1.82, 2.24) is 5.32 Å². The molecule has 11 heteroatoms. The Balaban J connectivity index is 1.70. The summed E-state index contributed by atoms with van der Waals surface area (Å²) >= 11 is 17.6. The molecule has 3 aliphatic rings. The Bertz CT molecular complexity index is 515. The third-order valence-electron chi connectivity index (χ3n) is 5.00. The largest absolute Gasteiger partial charge is 0.438 e. The highest BCUT2D eigenvalue weighted by Crippen LogP contribution is 2.43. The van der Waals surface area contributed by atoms with Gasteiger partial charge in [-0.2, -0.15) is 0 Å². The maximum Gasteiger partial charge on any atom is 0.407 e. The maximum atomic E-state index is 12.4. The summed E-state index contributed by atoms with van der Waals surface area (Å²) in [6.07, 6.45) is -0.946. The maximum absolute atomic E-state index is 12.4. The van der Waals surface area contributed by atoms with Crippen LogP contribution in [0.5, 0.6) is 0 Å². The lowest BCUT2D eigenvalue weighted by atomic mass is 9.96. The van der Waals surface area contributed by atoms with E-state index >= 15 is 0 Å². The topological polar surface area (TPSA) is 95.5 Å². The van der Waals surface area contributed by atoms with Crippen LogP contribution in [0.15, 0.2) is 0 Å². The number of halogens is 3. The van der Waals surface area contributed by atoms with E-state index < -0.39 is 46.9 Å². The second-order valence-corrected chi connectivity index (χ2v) is 9.25. The average molecular weight is 449 g/mol. The summed E-state index contributed by atoms with van der Waals surface area (Å²) in [4.78, 5) is 12.4. The van der Waals surface area contributed by atoms with E-state index in [9.17, 15) is 9.90 Å². The number of carbonyl (C=O) groups excluding carboxylic acids is 1. The summed E-state index contributed by atoms with van der Waals surface area (Å²) in [5, 5.41) is 12.5. The van der Waals surface area contributed by atoms with Crippen LogP contribution < -0.4 is 5.32 Å². The summed E-state index contributed by atoms with van der Waals surface area (Å²) < 4.78 is 26.0. The number of fused-ring (bicyclic) bond motifs is 1. The normalized spacial score (nSPS) is 37.7. The van der Waals surface area contributed by atoms with Gasteiger partial charge in [0, 0.05) is 13.2 Å². The highest BCUT2D eigenvalue weighted by molar-refractivity contribution is 6.67. The lowest BCUT2D eigenvalue weighted by Gasteiger charge is -2.40. The molecule has 1 saturated carbocycles. The zero-order valence-electron chi connectivity index (χ0n) is 14.8. The van der Waals surface area contributed by atoms with E-state index in [-0.39, 0.29) is 12.6 Å². The lowest BCUT2D eigenvalue weighted by Crippen LogP contribution is -2.59. The van der Waals surface area contributed by atoms with Crippen molar-refractivity contribution in [3.05, 3.63) is 0 Å². The van der Waals surface area contributed by atoms with Crippen molar-refractivity contribution in [3.63, 3.8) is 0 Å². The zero-order valence-corrected chi connectivity index (χ0v) is 17.1. The molecule has 0 spiro atoms. The molecule has 0 aromatic carbocycles. The molecule has 3 fully saturated rings. The molecule has 0 aromatic heterocycles. The zero-order chi connectivity index (χ0) is 19.6. The van der Waals surface area contributed by atoms with Gasteiger partial charge in [0.05, 0.1) is 6.61 Å². The van der Waals surface area contributed by atoms with Gasteiger partial charge in [0.1, 0.15) is 18.3 Å². The van der Waals surface area contributed by atoms with Crippen LogP contribution in [0.4, 0.5) is 4.79 Å². The number of nitrogens with one attached hydrogen (secondary N) is 1. The van der Waals surface area contributed by atoms with Crippen molar-refractivity contribution >= 4 is 40.9 Å². The minimum Gasteiger partial charge on any atom is -0.438 e. The number of alkyl halides is 3. The summed E-state index contributed by atoms with van der Waals surface area (Å²) in [7, 11) is 1.40. The van der Waals surface area contributed by atoms with Crippen molar-refractivity contribution < 1.29 is 33.6 Å². The van der Waals surface area contributed by atoms with Crippen molar-refractivity contribution in [2.75, 3.05) is 13.7 Å². The third-order valence-corrected chi connectivity index (χ3v) is 5.54. The monoisotopic (exact) mass is 447 g/mol. The molecule has 2 saturated heterocycles. The first-order valence-electron chi connectivity index (χ1n) is 8.97. The number of rotatable bonds is 4. The van der Waals surface area contributed by atoms with Gasteiger partial charge in [-0.25, -0.2) is 4.79 Å². The fourth-order valence-corrected chi connectivity index (χ4v) is 4.01. The average Bonchev–Trinajstić information content (AvgIpc) is 3.08. The number of carbonyl (C=O) groups is 1. The van der Waals surface area contributed by atoms with Gasteiger partial charge < -0.3 is 34.1 Å². The fraction of sp³-hybridized carbons (Fsp3) is 0.938. The van der Waals surface area contributed by atoms with Crippen LogP contribution in [-0.2, 0) is 23.7 Å². The lowest BCUT2D eigenvalue weighted by molar-refractivity contribution is -0.273. The van der Waals surface area contributed by atoms with Gasteiger partial charge in [0.15, 0.2) is 12.4 Å². The highest BCUT2D eigenvalue weighted by atomic mass is 35.6. The molecule has 2 aliphatic heterocycles. The Kier molecular flexibility index (Phi) is 7.35. The van der Waals surface area contributed by atoms with Gasteiger partial charge in [-0.3, -0.25) is 0 Å². The predicted octanol–water partition coefficient (Wildman–Crippen LogP) is 2.26. The van der Waals surface area contributed by atoms with Gasteiger partial charge in [-0.05, 0) is 12.8 Å². The molecule has 1 amide bonds. The van der Waals surface area contributed by atoms with E-state index in [0.29, 0.717) is 0 Å². The summed E-state index contributed by atoms with van der Waals surface area (Å²) in [6, 6.07) is 0.0763. The Hall–Kier alpha value is -0.0600. The van der Waals surface area contributed by atoms with E-state index in [0.717, 1.165) is 25.7 Å². The van der Waals surface area contributed by atoms with E-state index in [1.165, 1.54) is 13.5 Å². The van der Waals surface area contributed by atoms with Crippen LogP contribution in [0, 0.1) is 0 Å². The quantitative estimate of drug-likeness (QED) is 0.637.